The quantitative estimate of drug-likeness (QED) is 0.910. The Labute approximate surface area is 110 Å². The molecule has 0 saturated carbocycles. The average Bonchev–Trinajstić information content (AvgIpc) is 2.53. The van der Waals surface area contributed by atoms with Gasteiger partial charge < -0.3 is 10.0 Å². The maximum absolute atomic E-state index is 14.1. The fourth-order valence-corrected chi connectivity index (χ4v) is 2.44. The molecule has 0 unspecified atom stereocenters. The lowest BCUT2D eigenvalue weighted by Gasteiger charge is -2.24. The molecular formula is C14H16FNO3. The van der Waals surface area contributed by atoms with Crippen LogP contribution in [0.2, 0.25) is 0 Å². The van der Waals surface area contributed by atoms with Gasteiger partial charge in [-0.05, 0) is 17.2 Å². The van der Waals surface area contributed by atoms with Crippen molar-refractivity contribution in [1.82, 2.24) is 0 Å². The highest BCUT2D eigenvalue weighted by atomic mass is 19.1. The Morgan fingerprint density at radius 2 is 2.11 bits per heavy atom. The molecule has 102 valence electrons. The van der Waals surface area contributed by atoms with Crippen molar-refractivity contribution in [2.24, 2.45) is 0 Å². The van der Waals surface area contributed by atoms with Crippen LogP contribution in [0.5, 0.6) is 0 Å². The van der Waals surface area contributed by atoms with E-state index in [2.05, 4.69) is 0 Å². The van der Waals surface area contributed by atoms with E-state index in [1.807, 2.05) is 0 Å². The predicted molar refractivity (Wildman–Crippen MR) is 68.8 cm³/mol. The largest absolute Gasteiger partial charge is 0.481 e. The van der Waals surface area contributed by atoms with E-state index in [1.165, 1.54) is 11.0 Å². The maximum Gasteiger partial charge on any atom is 0.304 e. The molecule has 0 spiro atoms. The molecule has 1 aliphatic heterocycles. The van der Waals surface area contributed by atoms with Gasteiger partial charge in [-0.15, -0.1) is 0 Å². The van der Waals surface area contributed by atoms with Crippen LogP contribution in [-0.4, -0.2) is 24.0 Å². The van der Waals surface area contributed by atoms with Crippen LogP contribution in [0.25, 0.3) is 0 Å². The lowest BCUT2D eigenvalue weighted by molar-refractivity contribution is -0.138. The highest BCUT2D eigenvalue weighted by Crippen LogP contribution is 2.36. The summed E-state index contributed by atoms with van der Waals surface area (Å²) in [6, 6.07) is 3.07. The number of hydrogen-bond acceptors (Lipinski definition) is 2. The minimum Gasteiger partial charge on any atom is -0.481 e. The average molecular weight is 265 g/mol. The van der Waals surface area contributed by atoms with Gasteiger partial charge in [0.2, 0.25) is 5.91 Å². The van der Waals surface area contributed by atoms with E-state index in [9.17, 15) is 14.0 Å². The molecule has 1 aromatic rings. The molecule has 5 heteroatoms. The van der Waals surface area contributed by atoms with Gasteiger partial charge in [-0.1, -0.05) is 19.9 Å². The van der Waals surface area contributed by atoms with Crippen LogP contribution < -0.4 is 4.90 Å². The van der Waals surface area contributed by atoms with E-state index in [-0.39, 0.29) is 18.7 Å². The van der Waals surface area contributed by atoms with Crippen LogP contribution in [0.1, 0.15) is 31.4 Å². The van der Waals surface area contributed by atoms with Crippen molar-refractivity contribution < 1.29 is 19.1 Å². The van der Waals surface area contributed by atoms with E-state index in [0.29, 0.717) is 16.8 Å². The zero-order valence-electron chi connectivity index (χ0n) is 11.2. The number of likely N-dealkylation sites (N-methyl/N-ethyl adjacent to an activating group) is 1. The number of halogens is 1. The smallest absolute Gasteiger partial charge is 0.304 e. The van der Waals surface area contributed by atoms with Crippen LogP contribution in [0, 0.1) is 5.82 Å². The second-order valence-electron chi connectivity index (χ2n) is 5.55. The Bertz CT molecular complexity index is 566. The molecular weight excluding hydrogens is 249 g/mol. The molecule has 0 saturated heterocycles. The van der Waals surface area contributed by atoms with Gasteiger partial charge >= 0.3 is 5.97 Å². The third kappa shape index (κ3) is 2.32. The van der Waals surface area contributed by atoms with E-state index in [4.69, 9.17) is 5.11 Å². The van der Waals surface area contributed by atoms with E-state index in [1.54, 1.807) is 27.0 Å². The number of carboxylic acid groups (broad SMARTS) is 1. The molecule has 1 aromatic carbocycles. The van der Waals surface area contributed by atoms with Crippen molar-refractivity contribution >= 4 is 17.6 Å². The molecule has 1 N–H and O–H groups in total. The van der Waals surface area contributed by atoms with Gasteiger partial charge in [-0.3, -0.25) is 9.59 Å². The normalized spacial score (nSPS) is 14.7. The van der Waals surface area contributed by atoms with Gasteiger partial charge in [-0.25, -0.2) is 4.39 Å². The van der Waals surface area contributed by atoms with Gasteiger partial charge in [-0.2, -0.15) is 0 Å². The van der Waals surface area contributed by atoms with Crippen molar-refractivity contribution in [3.63, 3.8) is 0 Å². The summed E-state index contributed by atoms with van der Waals surface area (Å²) >= 11 is 0. The second kappa shape index (κ2) is 4.33. The number of rotatable bonds is 3. The Hall–Kier alpha value is -1.91. The summed E-state index contributed by atoms with van der Waals surface area (Å²) in [4.78, 5) is 23.7. The number of amides is 1. The lowest BCUT2D eigenvalue weighted by Crippen LogP contribution is -2.23. The number of carboxylic acids is 1. The maximum atomic E-state index is 14.1. The molecule has 0 bridgehead atoms. The molecule has 0 fully saturated rings. The number of fused-ring (bicyclic) bond motifs is 1. The minimum absolute atomic E-state index is 0.0883. The van der Waals surface area contributed by atoms with Crippen molar-refractivity contribution in [3.05, 3.63) is 29.1 Å². The van der Waals surface area contributed by atoms with Crippen LogP contribution in [0.15, 0.2) is 12.1 Å². The van der Waals surface area contributed by atoms with Crippen LogP contribution in [-0.2, 0) is 21.4 Å². The fourth-order valence-electron chi connectivity index (χ4n) is 2.44. The van der Waals surface area contributed by atoms with Crippen molar-refractivity contribution in [2.75, 3.05) is 11.9 Å². The Morgan fingerprint density at radius 3 is 2.68 bits per heavy atom. The highest BCUT2D eigenvalue weighted by Gasteiger charge is 2.31. The summed E-state index contributed by atoms with van der Waals surface area (Å²) in [5.74, 6) is -1.56. The molecule has 2 rings (SSSR count). The summed E-state index contributed by atoms with van der Waals surface area (Å²) in [5.41, 5.74) is 0.862. The molecule has 0 radical (unpaired) electrons. The third-order valence-corrected chi connectivity index (χ3v) is 3.57. The predicted octanol–water partition coefficient (Wildman–Crippen LogP) is 2.10. The van der Waals surface area contributed by atoms with Gasteiger partial charge in [0.1, 0.15) is 5.82 Å². The SMILES string of the molecule is CN1C(=O)Cc2cc(C(C)(C)CC(=O)O)cc(F)c21. The standard InChI is InChI=1S/C14H16FNO3/c1-14(2,7-12(18)19)9-4-8-5-11(17)16(3)13(8)10(15)6-9/h4,6H,5,7H2,1-3H3,(H,18,19). The number of anilines is 1. The van der Waals surface area contributed by atoms with Gasteiger partial charge in [0, 0.05) is 12.5 Å². The number of nitrogens with zero attached hydrogens (tertiary/aromatic N) is 1. The number of hydrogen-bond donors (Lipinski definition) is 1. The van der Waals surface area contributed by atoms with Crippen molar-refractivity contribution in [1.29, 1.82) is 0 Å². The first-order valence-electron chi connectivity index (χ1n) is 6.03. The van der Waals surface area contributed by atoms with Crippen molar-refractivity contribution in [2.45, 2.75) is 32.1 Å². The summed E-state index contributed by atoms with van der Waals surface area (Å²) < 4.78 is 14.1. The summed E-state index contributed by atoms with van der Waals surface area (Å²) in [7, 11) is 1.54. The molecule has 19 heavy (non-hydrogen) atoms. The van der Waals surface area contributed by atoms with E-state index in [0.717, 1.165) is 0 Å². The zero-order valence-corrected chi connectivity index (χ0v) is 11.2. The summed E-state index contributed by atoms with van der Waals surface area (Å²) in [6.07, 6.45) is 0.0781. The van der Waals surface area contributed by atoms with Crippen LogP contribution in [0.3, 0.4) is 0 Å². The summed E-state index contributed by atoms with van der Waals surface area (Å²) in [6.45, 7) is 3.51. The molecule has 0 aromatic heterocycles. The Morgan fingerprint density at radius 1 is 1.47 bits per heavy atom. The third-order valence-electron chi connectivity index (χ3n) is 3.57. The fraction of sp³-hybridized carbons (Fsp3) is 0.429. The monoisotopic (exact) mass is 265 g/mol. The molecule has 4 nitrogen and oxygen atoms in total. The van der Waals surface area contributed by atoms with E-state index < -0.39 is 17.2 Å². The number of carbonyl (C=O) groups is 2. The zero-order chi connectivity index (χ0) is 14.4. The number of aliphatic carboxylic acids is 1. The first-order valence-corrected chi connectivity index (χ1v) is 6.03. The number of benzene rings is 1. The first kappa shape index (κ1) is 13.5. The Kier molecular flexibility index (Phi) is 3.08. The first-order chi connectivity index (χ1) is 8.72. The lowest BCUT2D eigenvalue weighted by atomic mass is 9.80. The molecule has 1 heterocycles. The highest BCUT2D eigenvalue weighted by molar-refractivity contribution is 6.01. The van der Waals surface area contributed by atoms with Crippen LogP contribution >= 0.6 is 0 Å². The Balaban J connectivity index is 2.47. The summed E-state index contributed by atoms with van der Waals surface area (Å²) in [5, 5.41) is 8.90. The van der Waals surface area contributed by atoms with Crippen molar-refractivity contribution in [3.8, 4) is 0 Å². The second-order valence-corrected chi connectivity index (χ2v) is 5.55. The van der Waals surface area contributed by atoms with Crippen LogP contribution in [0.4, 0.5) is 10.1 Å². The molecule has 1 amide bonds. The minimum atomic E-state index is -0.931. The van der Waals surface area contributed by atoms with E-state index >= 15 is 0 Å². The molecule has 0 aliphatic carbocycles. The number of carbonyl (C=O) groups excluding carboxylic acids is 1. The molecule has 0 atom stereocenters. The molecule has 1 aliphatic rings. The van der Waals surface area contributed by atoms with Gasteiger partial charge in [0.15, 0.2) is 0 Å². The topological polar surface area (TPSA) is 57.6 Å². The van der Waals surface area contributed by atoms with Gasteiger partial charge in [0.25, 0.3) is 0 Å². The van der Waals surface area contributed by atoms with Gasteiger partial charge in [0.05, 0.1) is 18.5 Å².